The number of rotatable bonds is 3. The van der Waals surface area contributed by atoms with Crippen molar-refractivity contribution in [1.29, 1.82) is 0 Å². The fourth-order valence-electron chi connectivity index (χ4n) is 4.20. The highest BCUT2D eigenvalue weighted by atomic mass is 19.1. The van der Waals surface area contributed by atoms with Crippen molar-refractivity contribution in [3.8, 4) is 0 Å². The van der Waals surface area contributed by atoms with Gasteiger partial charge in [-0.3, -0.25) is 9.69 Å². The predicted octanol–water partition coefficient (Wildman–Crippen LogP) is 2.56. The first kappa shape index (κ1) is 14.5. The number of nitrogens with one attached hydrogen (secondary N) is 1. The van der Waals surface area contributed by atoms with Gasteiger partial charge in [0.15, 0.2) is 0 Å². The summed E-state index contributed by atoms with van der Waals surface area (Å²) in [7, 11) is 1.72. The Kier molecular flexibility index (Phi) is 3.98. The maximum atomic E-state index is 13.8. The third-order valence-corrected chi connectivity index (χ3v) is 5.29. The predicted molar refractivity (Wildman–Crippen MR) is 80.1 cm³/mol. The molecule has 21 heavy (non-hydrogen) atoms. The van der Waals surface area contributed by atoms with Gasteiger partial charge in [0.1, 0.15) is 5.82 Å². The van der Waals surface area contributed by atoms with E-state index in [1.165, 1.54) is 6.07 Å². The number of benzene rings is 1. The van der Waals surface area contributed by atoms with Gasteiger partial charge in [0, 0.05) is 31.6 Å². The van der Waals surface area contributed by atoms with E-state index in [0.29, 0.717) is 6.54 Å². The van der Waals surface area contributed by atoms with Crippen LogP contribution in [0.2, 0.25) is 0 Å². The van der Waals surface area contributed by atoms with Crippen LogP contribution in [0.4, 0.5) is 4.39 Å². The zero-order chi connectivity index (χ0) is 14.9. The fourth-order valence-corrected chi connectivity index (χ4v) is 4.20. The van der Waals surface area contributed by atoms with Crippen LogP contribution in [-0.4, -0.2) is 30.9 Å². The number of hydrogen-bond acceptors (Lipinski definition) is 2. The molecule has 1 saturated carbocycles. The van der Waals surface area contributed by atoms with Crippen molar-refractivity contribution in [1.82, 2.24) is 10.2 Å². The third kappa shape index (κ3) is 2.69. The number of halogens is 1. The van der Waals surface area contributed by atoms with Gasteiger partial charge in [-0.25, -0.2) is 4.39 Å². The van der Waals surface area contributed by atoms with E-state index < -0.39 is 0 Å². The Morgan fingerprint density at radius 3 is 3.00 bits per heavy atom. The van der Waals surface area contributed by atoms with Crippen LogP contribution >= 0.6 is 0 Å². The quantitative estimate of drug-likeness (QED) is 0.928. The Labute approximate surface area is 125 Å². The van der Waals surface area contributed by atoms with Crippen LogP contribution < -0.4 is 5.32 Å². The monoisotopic (exact) mass is 290 g/mol. The van der Waals surface area contributed by atoms with Crippen LogP contribution in [0.15, 0.2) is 24.3 Å². The van der Waals surface area contributed by atoms with Gasteiger partial charge in [-0.15, -0.1) is 0 Å². The Hall–Kier alpha value is -1.42. The van der Waals surface area contributed by atoms with Gasteiger partial charge < -0.3 is 5.32 Å². The first-order valence-electron chi connectivity index (χ1n) is 7.82. The number of hydrogen-bond donors (Lipinski definition) is 1. The summed E-state index contributed by atoms with van der Waals surface area (Å²) in [6, 6.07) is 6.98. The molecule has 0 radical (unpaired) electrons. The summed E-state index contributed by atoms with van der Waals surface area (Å²) >= 11 is 0. The van der Waals surface area contributed by atoms with Crippen LogP contribution in [0.1, 0.15) is 31.2 Å². The molecule has 1 amide bonds. The number of carbonyl (C=O) groups is 1. The lowest BCUT2D eigenvalue weighted by Gasteiger charge is -2.30. The largest absolute Gasteiger partial charge is 0.359 e. The Morgan fingerprint density at radius 2 is 2.24 bits per heavy atom. The zero-order valence-corrected chi connectivity index (χ0v) is 12.6. The van der Waals surface area contributed by atoms with Gasteiger partial charge in [-0.05, 0) is 37.3 Å². The molecule has 1 aromatic rings. The maximum absolute atomic E-state index is 13.8. The second kappa shape index (κ2) is 5.76. The third-order valence-electron chi connectivity index (χ3n) is 5.29. The molecule has 0 bridgehead atoms. The fraction of sp³-hybridized carbons (Fsp3) is 0.588. The highest BCUT2D eigenvalue weighted by Gasteiger charge is 2.49. The summed E-state index contributed by atoms with van der Waals surface area (Å²) in [5.41, 5.74) is 0.870. The van der Waals surface area contributed by atoms with E-state index in [1.807, 2.05) is 12.1 Å². The second-order valence-electron chi connectivity index (χ2n) is 6.47. The first-order valence-corrected chi connectivity index (χ1v) is 7.82. The lowest BCUT2D eigenvalue weighted by Crippen LogP contribution is -2.39. The van der Waals surface area contributed by atoms with Crippen LogP contribution in [0.25, 0.3) is 0 Å². The highest BCUT2D eigenvalue weighted by Crippen LogP contribution is 2.50. The summed E-state index contributed by atoms with van der Waals surface area (Å²) in [6.07, 6.45) is 4.30. The Bertz CT molecular complexity index is 533. The van der Waals surface area contributed by atoms with Crippen molar-refractivity contribution < 1.29 is 9.18 Å². The molecule has 1 heterocycles. The second-order valence-corrected chi connectivity index (χ2v) is 6.47. The summed E-state index contributed by atoms with van der Waals surface area (Å²) in [4.78, 5) is 14.4. The topological polar surface area (TPSA) is 32.3 Å². The Balaban J connectivity index is 1.70. The van der Waals surface area contributed by atoms with Crippen molar-refractivity contribution in [2.75, 3.05) is 20.1 Å². The Morgan fingerprint density at radius 1 is 1.43 bits per heavy atom. The lowest BCUT2D eigenvalue weighted by molar-refractivity contribution is -0.127. The van der Waals surface area contributed by atoms with Crippen LogP contribution in [0.5, 0.6) is 0 Å². The van der Waals surface area contributed by atoms with Gasteiger partial charge in [0.2, 0.25) is 5.91 Å². The molecule has 1 saturated heterocycles. The minimum atomic E-state index is -0.132. The molecule has 1 aromatic carbocycles. The maximum Gasteiger partial charge on any atom is 0.223 e. The molecule has 1 spiro atoms. The highest BCUT2D eigenvalue weighted by molar-refractivity contribution is 5.79. The molecule has 1 aliphatic carbocycles. The van der Waals surface area contributed by atoms with Crippen LogP contribution in [0, 0.1) is 17.2 Å². The van der Waals surface area contributed by atoms with Gasteiger partial charge in [0.05, 0.1) is 0 Å². The van der Waals surface area contributed by atoms with E-state index in [-0.39, 0.29) is 23.1 Å². The van der Waals surface area contributed by atoms with E-state index in [0.717, 1.165) is 44.3 Å². The molecular formula is C17H23FN2O. The molecule has 3 rings (SSSR count). The van der Waals surface area contributed by atoms with Crippen LogP contribution in [0.3, 0.4) is 0 Å². The van der Waals surface area contributed by atoms with Crippen molar-refractivity contribution in [3.63, 3.8) is 0 Å². The molecule has 2 atom stereocenters. The molecule has 114 valence electrons. The normalized spacial score (nSPS) is 29.1. The van der Waals surface area contributed by atoms with Gasteiger partial charge in [-0.2, -0.15) is 0 Å². The van der Waals surface area contributed by atoms with Crippen molar-refractivity contribution >= 4 is 5.91 Å². The number of nitrogens with zero attached hydrogens (tertiary/aromatic N) is 1. The van der Waals surface area contributed by atoms with E-state index in [1.54, 1.807) is 13.1 Å². The van der Waals surface area contributed by atoms with Crippen molar-refractivity contribution in [3.05, 3.63) is 35.6 Å². The number of amides is 1. The summed E-state index contributed by atoms with van der Waals surface area (Å²) in [5, 5.41) is 2.81. The standard InChI is InChI=1S/C17H23FN2O/c1-19-16(21)14-6-4-8-17(14)9-10-20(12-17)11-13-5-2-3-7-15(13)18/h2-3,5,7,14H,4,6,8-12H2,1H3,(H,19,21)/t14-,17-/m1/s1. The number of likely N-dealkylation sites (tertiary alicyclic amines) is 1. The van der Waals surface area contributed by atoms with E-state index in [9.17, 15) is 9.18 Å². The molecule has 1 N–H and O–H groups in total. The van der Waals surface area contributed by atoms with E-state index in [4.69, 9.17) is 0 Å². The lowest BCUT2D eigenvalue weighted by atomic mass is 9.76. The molecule has 0 unspecified atom stereocenters. The minimum Gasteiger partial charge on any atom is -0.359 e. The molecule has 0 aromatic heterocycles. The van der Waals surface area contributed by atoms with Crippen LogP contribution in [-0.2, 0) is 11.3 Å². The molecule has 4 heteroatoms. The molecular weight excluding hydrogens is 267 g/mol. The van der Waals surface area contributed by atoms with E-state index in [2.05, 4.69) is 10.2 Å². The van der Waals surface area contributed by atoms with E-state index >= 15 is 0 Å². The first-order chi connectivity index (χ1) is 10.1. The summed E-state index contributed by atoms with van der Waals surface area (Å²) in [6.45, 7) is 2.52. The van der Waals surface area contributed by atoms with Gasteiger partial charge >= 0.3 is 0 Å². The average molecular weight is 290 g/mol. The minimum absolute atomic E-state index is 0.116. The average Bonchev–Trinajstić information content (AvgIpc) is 3.08. The molecule has 2 fully saturated rings. The zero-order valence-electron chi connectivity index (χ0n) is 12.6. The smallest absolute Gasteiger partial charge is 0.223 e. The molecule has 2 aliphatic rings. The summed E-state index contributed by atoms with van der Waals surface area (Å²) in [5.74, 6) is 0.182. The number of carbonyl (C=O) groups excluding carboxylic acids is 1. The van der Waals surface area contributed by atoms with Gasteiger partial charge in [-0.1, -0.05) is 24.6 Å². The molecule has 3 nitrogen and oxygen atoms in total. The molecule has 1 aliphatic heterocycles. The van der Waals surface area contributed by atoms with Gasteiger partial charge in [0.25, 0.3) is 0 Å². The van der Waals surface area contributed by atoms with Crippen molar-refractivity contribution in [2.24, 2.45) is 11.3 Å². The summed E-state index contributed by atoms with van der Waals surface area (Å²) < 4.78 is 13.8. The van der Waals surface area contributed by atoms with Crippen molar-refractivity contribution in [2.45, 2.75) is 32.2 Å². The SMILES string of the molecule is CNC(=O)[C@H]1CCC[C@]12CCN(Cc1ccccc1F)C2.